The number of rotatable bonds is 6. The molecule has 0 atom stereocenters. The Balaban J connectivity index is 1.46. The SMILES string of the molecule is O=C(COC(=O)c1ccccc1-c1nc2ccccc2[nH]1)Nc1cccc(C(=O)O)c1. The van der Waals surface area contributed by atoms with Crippen molar-refractivity contribution in [2.75, 3.05) is 11.9 Å². The molecule has 0 radical (unpaired) electrons. The fourth-order valence-corrected chi connectivity index (χ4v) is 3.08. The van der Waals surface area contributed by atoms with Crippen LogP contribution in [0.15, 0.2) is 72.8 Å². The van der Waals surface area contributed by atoms with E-state index in [4.69, 9.17) is 9.84 Å². The maximum Gasteiger partial charge on any atom is 0.339 e. The normalized spacial score (nSPS) is 10.6. The molecule has 8 heteroatoms. The number of aromatic amines is 1. The van der Waals surface area contributed by atoms with Crippen LogP contribution in [0.1, 0.15) is 20.7 Å². The van der Waals surface area contributed by atoms with Crippen molar-refractivity contribution >= 4 is 34.6 Å². The third kappa shape index (κ3) is 4.43. The van der Waals surface area contributed by atoms with Gasteiger partial charge < -0.3 is 20.1 Å². The third-order valence-electron chi connectivity index (χ3n) is 4.52. The zero-order valence-electron chi connectivity index (χ0n) is 16.2. The predicted octanol–water partition coefficient (Wildman–Crippen LogP) is 3.72. The van der Waals surface area contributed by atoms with Gasteiger partial charge in [0.2, 0.25) is 0 Å². The van der Waals surface area contributed by atoms with Gasteiger partial charge in [-0.25, -0.2) is 14.6 Å². The lowest BCUT2D eigenvalue weighted by Gasteiger charge is -2.09. The van der Waals surface area contributed by atoms with E-state index in [1.54, 1.807) is 30.3 Å². The Morgan fingerprint density at radius 1 is 0.968 bits per heavy atom. The number of carboxylic acid groups (broad SMARTS) is 1. The number of H-pyrrole nitrogens is 1. The molecular formula is C23H17N3O5. The van der Waals surface area contributed by atoms with E-state index in [0.29, 0.717) is 17.1 Å². The number of carboxylic acids is 1. The summed E-state index contributed by atoms with van der Waals surface area (Å²) in [6.45, 7) is -0.523. The highest BCUT2D eigenvalue weighted by Crippen LogP contribution is 2.24. The number of nitrogens with zero attached hydrogens (tertiary/aromatic N) is 1. The van der Waals surface area contributed by atoms with Crippen molar-refractivity contribution in [1.82, 2.24) is 9.97 Å². The molecule has 0 bridgehead atoms. The number of amides is 1. The van der Waals surface area contributed by atoms with Gasteiger partial charge in [0.05, 0.1) is 22.2 Å². The highest BCUT2D eigenvalue weighted by atomic mass is 16.5. The lowest BCUT2D eigenvalue weighted by Crippen LogP contribution is -2.21. The molecule has 3 aromatic carbocycles. The van der Waals surface area contributed by atoms with Crippen LogP contribution in [-0.4, -0.2) is 39.5 Å². The average molecular weight is 415 g/mol. The monoisotopic (exact) mass is 415 g/mol. The fourth-order valence-electron chi connectivity index (χ4n) is 3.08. The van der Waals surface area contributed by atoms with Gasteiger partial charge in [-0.15, -0.1) is 0 Å². The first-order chi connectivity index (χ1) is 15.0. The minimum absolute atomic E-state index is 0.0366. The summed E-state index contributed by atoms with van der Waals surface area (Å²) in [6.07, 6.45) is 0. The van der Waals surface area contributed by atoms with Crippen LogP contribution in [0.3, 0.4) is 0 Å². The smallest absolute Gasteiger partial charge is 0.339 e. The van der Waals surface area contributed by atoms with Gasteiger partial charge in [0.1, 0.15) is 5.82 Å². The highest BCUT2D eigenvalue weighted by Gasteiger charge is 2.17. The number of aromatic nitrogens is 2. The topological polar surface area (TPSA) is 121 Å². The molecule has 4 rings (SSSR count). The van der Waals surface area contributed by atoms with E-state index >= 15 is 0 Å². The lowest BCUT2D eigenvalue weighted by atomic mass is 10.1. The third-order valence-corrected chi connectivity index (χ3v) is 4.52. The maximum absolute atomic E-state index is 12.6. The van der Waals surface area contributed by atoms with Crippen LogP contribution in [0.2, 0.25) is 0 Å². The van der Waals surface area contributed by atoms with Gasteiger partial charge in [-0.1, -0.05) is 36.4 Å². The molecule has 0 fully saturated rings. The summed E-state index contributed by atoms with van der Waals surface area (Å²) in [4.78, 5) is 43.5. The number of anilines is 1. The molecule has 0 saturated carbocycles. The van der Waals surface area contributed by atoms with Crippen LogP contribution in [0, 0.1) is 0 Å². The molecule has 0 aliphatic carbocycles. The van der Waals surface area contributed by atoms with Gasteiger partial charge in [-0.2, -0.15) is 0 Å². The highest BCUT2D eigenvalue weighted by molar-refractivity contribution is 6.00. The average Bonchev–Trinajstić information content (AvgIpc) is 3.22. The zero-order chi connectivity index (χ0) is 21.8. The number of ether oxygens (including phenoxy) is 1. The van der Waals surface area contributed by atoms with E-state index in [1.165, 1.54) is 18.2 Å². The number of carbonyl (C=O) groups is 3. The molecule has 3 N–H and O–H groups in total. The van der Waals surface area contributed by atoms with Gasteiger partial charge in [-0.3, -0.25) is 4.79 Å². The van der Waals surface area contributed by atoms with Crippen molar-refractivity contribution in [3.63, 3.8) is 0 Å². The Bertz CT molecular complexity index is 1260. The minimum atomic E-state index is -1.11. The molecule has 0 saturated heterocycles. The fraction of sp³-hybridized carbons (Fsp3) is 0.0435. The summed E-state index contributed by atoms with van der Waals surface area (Å²) in [5.41, 5.74) is 2.76. The van der Waals surface area contributed by atoms with Crippen molar-refractivity contribution in [3.05, 3.63) is 83.9 Å². The summed E-state index contributed by atoms with van der Waals surface area (Å²) in [6, 6.07) is 20.1. The first-order valence-corrected chi connectivity index (χ1v) is 9.36. The number of esters is 1. The molecule has 1 heterocycles. The number of aromatic carboxylic acids is 1. The minimum Gasteiger partial charge on any atom is -0.478 e. The van der Waals surface area contributed by atoms with Crippen LogP contribution in [0.4, 0.5) is 5.69 Å². The number of hydrogen-bond donors (Lipinski definition) is 3. The Kier molecular flexibility index (Phi) is 5.44. The second-order valence-electron chi connectivity index (χ2n) is 6.66. The Hall–Kier alpha value is -4.46. The number of fused-ring (bicyclic) bond motifs is 1. The van der Waals surface area contributed by atoms with E-state index in [0.717, 1.165) is 11.0 Å². The van der Waals surface area contributed by atoms with Crippen molar-refractivity contribution in [2.24, 2.45) is 0 Å². The number of para-hydroxylation sites is 2. The molecule has 31 heavy (non-hydrogen) atoms. The number of benzene rings is 3. The quantitative estimate of drug-likeness (QED) is 0.413. The lowest BCUT2D eigenvalue weighted by molar-refractivity contribution is -0.119. The van der Waals surface area contributed by atoms with Crippen LogP contribution >= 0.6 is 0 Å². The number of nitrogens with one attached hydrogen (secondary N) is 2. The molecule has 1 amide bonds. The first-order valence-electron chi connectivity index (χ1n) is 9.36. The van der Waals surface area contributed by atoms with E-state index in [-0.39, 0.29) is 11.1 Å². The number of carbonyl (C=O) groups excluding carboxylic acids is 2. The van der Waals surface area contributed by atoms with Crippen molar-refractivity contribution in [2.45, 2.75) is 0 Å². The van der Waals surface area contributed by atoms with E-state index in [2.05, 4.69) is 15.3 Å². The molecule has 0 aliphatic rings. The second-order valence-corrected chi connectivity index (χ2v) is 6.66. The Morgan fingerprint density at radius 2 is 1.74 bits per heavy atom. The van der Waals surface area contributed by atoms with Gasteiger partial charge in [0.25, 0.3) is 5.91 Å². The van der Waals surface area contributed by atoms with Crippen LogP contribution in [-0.2, 0) is 9.53 Å². The summed E-state index contributed by atoms with van der Waals surface area (Å²) in [7, 11) is 0. The zero-order valence-corrected chi connectivity index (χ0v) is 16.2. The summed E-state index contributed by atoms with van der Waals surface area (Å²) >= 11 is 0. The van der Waals surface area contributed by atoms with E-state index in [1.807, 2.05) is 24.3 Å². The van der Waals surface area contributed by atoms with Crippen molar-refractivity contribution in [3.8, 4) is 11.4 Å². The molecule has 154 valence electrons. The van der Waals surface area contributed by atoms with E-state index in [9.17, 15) is 14.4 Å². The largest absolute Gasteiger partial charge is 0.478 e. The van der Waals surface area contributed by atoms with Crippen molar-refractivity contribution in [1.29, 1.82) is 0 Å². The van der Waals surface area contributed by atoms with E-state index < -0.39 is 24.5 Å². The molecule has 1 aromatic heterocycles. The molecule has 8 nitrogen and oxygen atoms in total. The predicted molar refractivity (Wildman–Crippen MR) is 114 cm³/mol. The Morgan fingerprint density at radius 3 is 2.55 bits per heavy atom. The van der Waals surface area contributed by atoms with Crippen molar-refractivity contribution < 1.29 is 24.2 Å². The molecule has 0 spiro atoms. The maximum atomic E-state index is 12.6. The number of imidazole rings is 1. The molecular weight excluding hydrogens is 398 g/mol. The van der Waals surface area contributed by atoms with Gasteiger partial charge >= 0.3 is 11.9 Å². The van der Waals surface area contributed by atoms with Crippen LogP contribution < -0.4 is 5.32 Å². The molecule has 0 unspecified atom stereocenters. The summed E-state index contributed by atoms with van der Waals surface area (Å²) in [5.74, 6) is -1.85. The van der Waals surface area contributed by atoms with Crippen LogP contribution in [0.25, 0.3) is 22.4 Å². The first kappa shape index (κ1) is 19.8. The summed E-state index contributed by atoms with van der Waals surface area (Å²) in [5, 5.41) is 11.5. The summed E-state index contributed by atoms with van der Waals surface area (Å²) < 4.78 is 5.17. The second kappa shape index (κ2) is 8.50. The Labute approximate surface area is 176 Å². The number of hydrogen-bond acceptors (Lipinski definition) is 5. The standard InChI is InChI=1S/C23H17N3O5/c27-20(24-15-7-5-6-14(12-15)22(28)29)13-31-23(30)17-9-2-1-8-16(17)21-25-18-10-3-4-11-19(18)26-21/h1-12H,13H2,(H,24,27)(H,25,26)(H,28,29). The van der Waals surface area contributed by atoms with Gasteiger partial charge in [0, 0.05) is 11.3 Å². The van der Waals surface area contributed by atoms with Gasteiger partial charge in [-0.05, 0) is 36.4 Å². The molecule has 4 aromatic rings. The van der Waals surface area contributed by atoms with Crippen LogP contribution in [0.5, 0.6) is 0 Å². The molecule has 0 aliphatic heterocycles. The van der Waals surface area contributed by atoms with Gasteiger partial charge in [0.15, 0.2) is 6.61 Å².